The number of hydrogen-bond donors (Lipinski definition) is 0. The van der Waals surface area contributed by atoms with Crippen LogP contribution in [0.15, 0.2) is 28.8 Å². The second kappa shape index (κ2) is 8.05. The van der Waals surface area contributed by atoms with Crippen LogP contribution in [0, 0.1) is 0 Å². The molecule has 1 aliphatic heterocycles. The zero-order valence-corrected chi connectivity index (χ0v) is 16.5. The number of benzene rings is 1. The van der Waals surface area contributed by atoms with Crippen molar-refractivity contribution in [2.45, 2.75) is 52.0 Å². The van der Waals surface area contributed by atoms with Gasteiger partial charge in [-0.05, 0) is 33.8 Å². The number of aromatic nitrogens is 2. The molecular weight excluding hydrogens is 354 g/mol. The fourth-order valence-electron chi connectivity index (χ4n) is 3.08. The van der Waals surface area contributed by atoms with Crippen LogP contribution in [-0.2, 0) is 16.0 Å². The summed E-state index contributed by atoms with van der Waals surface area (Å²) in [6, 6.07) is 7.81. The van der Waals surface area contributed by atoms with Crippen LogP contribution in [0.1, 0.15) is 57.2 Å². The van der Waals surface area contributed by atoms with E-state index in [1.54, 1.807) is 0 Å². The normalized spacial score (nSPS) is 21.7. The zero-order valence-electron chi connectivity index (χ0n) is 15.7. The fraction of sp³-hybridized carbons (Fsp3) is 0.579. The highest BCUT2D eigenvalue weighted by Crippen LogP contribution is 2.34. The smallest absolute Gasteiger partial charge is 0.240 e. The van der Waals surface area contributed by atoms with Gasteiger partial charge in [-0.25, -0.2) is 0 Å². The monoisotopic (exact) mass is 379 g/mol. The summed E-state index contributed by atoms with van der Waals surface area (Å²) in [6.45, 7) is 10.6. The molecule has 2 atom stereocenters. The van der Waals surface area contributed by atoms with Crippen LogP contribution in [0.5, 0.6) is 0 Å². The minimum absolute atomic E-state index is 0.0820. The van der Waals surface area contributed by atoms with E-state index in [1.165, 1.54) is 0 Å². The van der Waals surface area contributed by atoms with E-state index in [9.17, 15) is 0 Å². The summed E-state index contributed by atoms with van der Waals surface area (Å²) in [7, 11) is 0. The van der Waals surface area contributed by atoms with Crippen molar-refractivity contribution in [1.29, 1.82) is 0 Å². The van der Waals surface area contributed by atoms with Gasteiger partial charge in [-0.15, -0.1) is 0 Å². The highest BCUT2D eigenvalue weighted by Gasteiger charge is 2.37. The van der Waals surface area contributed by atoms with Gasteiger partial charge in [0, 0.05) is 29.3 Å². The summed E-state index contributed by atoms with van der Waals surface area (Å²) >= 11 is 6.35. The van der Waals surface area contributed by atoms with Crippen LogP contribution >= 0.6 is 11.6 Å². The standard InChI is InChI=1S/C19H26ClN3O3/c1-5-24-13(2)18-21-17(26-22-18)11-23-10-16(25-12-19(23,3)4)14-8-6-7-9-15(14)20/h6-9,13,16H,5,10-12H2,1-4H3. The first-order valence-electron chi connectivity index (χ1n) is 8.96. The highest BCUT2D eigenvalue weighted by atomic mass is 35.5. The van der Waals surface area contributed by atoms with E-state index in [0.29, 0.717) is 38.0 Å². The first-order chi connectivity index (χ1) is 12.4. The lowest BCUT2D eigenvalue weighted by Gasteiger charge is -2.45. The Kier molecular flexibility index (Phi) is 5.97. The van der Waals surface area contributed by atoms with Crippen LogP contribution in [0.2, 0.25) is 5.02 Å². The summed E-state index contributed by atoms with van der Waals surface area (Å²) in [5, 5.41) is 4.77. The van der Waals surface area contributed by atoms with Gasteiger partial charge in [-0.1, -0.05) is 35.0 Å². The predicted molar refractivity (Wildman–Crippen MR) is 99.0 cm³/mol. The number of nitrogens with zero attached hydrogens (tertiary/aromatic N) is 3. The summed E-state index contributed by atoms with van der Waals surface area (Å²) < 4.78 is 17.1. The minimum Gasteiger partial charge on any atom is -0.371 e. The summed E-state index contributed by atoms with van der Waals surface area (Å²) in [4.78, 5) is 6.79. The first-order valence-corrected chi connectivity index (χ1v) is 9.33. The van der Waals surface area contributed by atoms with Crippen molar-refractivity contribution in [2.24, 2.45) is 0 Å². The average Bonchev–Trinajstić information content (AvgIpc) is 3.06. The molecule has 0 saturated carbocycles. The topological polar surface area (TPSA) is 60.6 Å². The van der Waals surface area contributed by atoms with Gasteiger partial charge in [0.15, 0.2) is 5.82 Å². The Hall–Kier alpha value is -1.47. The molecule has 6 nitrogen and oxygen atoms in total. The molecule has 3 rings (SSSR count). The van der Waals surface area contributed by atoms with Gasteiger partial charge in [0.05, 0.1) is 19.3 Å². The highest BCUT2D eigenvalue weighted by molar-refractivity contribution is 6.31. The first kappa shape index (κ1) is 19.3. The molecule has 1 saturated heterocycles. The Morgan fingerprint density at radius 3 is 2.88 bits per heavy atom. The number of halogens is 1. The van der Waals surface area contributed by atoms with E-state index in [-0.39, 0.29) is 17.7 Å². The van der Waals surface area contributed by atoms with Crippen molar-refractivity contribution < 1.29 is 14.0 Å². The largest absolute Gasteiger partial charge is 0.371 e. The molecule has 0 bridgehead atoms. The lowest BCUT2D eigenvalue weighted by Crippen LogP contribution is -2.53. The quantitative estimate of drug-likeness (QED) is 0.750. The molecule has 1 aromatic heterocycles. The van der Waals surface area contributed by atoms with Crippen molar-refractivity contribution in [3.05, 3.63) is 46.6 Å². The Morgan fingerprint density at radius 1 is 1.38 bits per heavy atom. The SMILES string of the molecule is CCOC(C)c1noc(CN2CC(c3ccccc3Cl)OCC2(C)C)n1. The van der Waals surface area contributed by atoms with Gasteiger partial charge >= 0.3 is 0 Å². The zero-order chi connectivity index (χ0) is 18.7. The van der Waals surface area contributed by atoms with E-state index in [2.05, 4.69) is 28.9 Å². The molecule has 1 aliphatic rings. The van der Waals surface area contributed by atoms with Crippen molar-refractivity contribution in [3.63, 3.8) is 0 Å². The molecule has 2 heterocycles. The Bertz CT molecular complexity index is 734. The van der Waals surface area contributed by atoms with Crippen molar-refractivity contribution in [2.75, 3.05) is 19.8 Å². The molecule has 7 heteroatoms. The van der Waals surface area contributed by atoms with Crippen molar-refractivity contribution in [1.82, 2.24) is 15.0 Å². The van der Waals surface area contributed by atoms with Crippen molar-refractivity contribution >= 4 is 11.6 Å². The maximum Gasteiger partial charge on any atom is 0.240 e. The van der Waals surface area contributed by atoms with Gasteiger partial charge < -0.3 is 14.0 Å². The second-order valence-corrected chi connectivity index (χ2v) is 7.57. The minimum atomic E-state index is -0.175. The van der Waals surface area contributed by atoms with Gasteiger partial charge in [0.25, 0.3) is 0 Å². The molecule has 142 valence electrons. The maximum atomic E-state index is 6.35. The molecule has 0 amide bonds. The van der Waals surface area contributed by atoms with E-state index >= 15 is 0 Å². The third kappa shape index (κ3) is 4.26. The molecule has 0 N–H and O–H groups in total. The summed E-state index contributed by atoms with van der Waals surface area (Å²) in [6.07, 6.45) is -0.257. The number of hydrogen-bond acceptors (Lipinski definition) is 6. The van der Waals surface area contributed by atoms with Crippen LogP contribution in [0.4, 0.5) is 0 Å². The molecule has 0 spiro atoms. The third-order valence-electron chi connectivity index (χ3n) is 4.72. The van der Waals surface area contributed by atoms with Crippen LogP contribution in [0.25, 0.3) is 0 Å². The fourth-order valence-corrected chi connectivity index (χ4v) is 3.34. The molecule has 1 fully saturated rings. The molecule has 2 aromatic rings. The number of rotatable bonds is 6. The predicted octanol–water partition coefficient (Wildman–Crippen LogP) is 4.17. The van der Waals surface area contributed by atoms with Crippen LogP contribution in [-0.4, -0.2) is 40.3 Å². The van der Waals surface area contributed by atoms with E-state index < -0.39 is 0 Å². The molecule has 1 aromatic carbocycles. The second-order valence-electron chi connectivity index (χ2n) is 7.16. The Labute approximate surface area is 159 Å². The van der Waals surface area contributed by atoms with Crippen LogP contribution in [0.3, 0.4) is 0 Å². The Balaban J connectivity index is 1.73. The van der Waals surface area contributed by atoms with E-state index in [4.69, 9.17) is 25.6 Å². The van der Waals surface area contributed by atoms with Gasteiger partial charge in [-0.3, -0.25) is 4.90 Å². The van der Waals surface area contributed by atoms with Gasteiger partial charge in [0.1, 0.15) is 6.10 Å². The van der Waals surface area contributed by atoms with E-state index in [0.717, 1.165) is 10.6 Å². The van der Waals surface area contributed by atoms with Gasteiger partial charge in [-0.2, -0.15) is 4.98 Å². The van der Waals surface area contributed by atoms with Gasteiger partial charge in [0.2, 0.25) is 5.89 Å². The lowest BCUT2D eigenvalue weighted by atomic mass is 9.98. The molecular formula is C19H26ClN3O3. The summed E-state index contributed by atoms with van der Waals surface area (Å²) in [5.74, 6) is 1.16. The average molecular weight is 380 g/mol. The van der Waals surface area contributed by atoms with E-state index in [1.807, 2.05) is 38.1 Å². The summed E-state index contributed by atoms with van der Waals surface area (Å²) in [5.41, 5.74) is 0.864. The molecule has 0 radical (unpaired) electrons. The molecule has 0 aliphatic carbocycles. The van der Waals surface area contributed by atoms with Crippen molar-refractivity contribution in [3.8, 4) is 0 Å². The maximum absolute atomic E-state index is 6.35. The number of morpholine rings is 1. The third-order valence-corrected chi connectivity index (χ3v) is 5.07. The lowest BCUT2D eigenvalue weighted by molar-refractivity contribution is -0.107. The number of ether oxygens (including phenoxy) is 2. The Morgan fingerprint density at radius 2 is 2.15 bits per heavy atom. The molecule has 2 unspecified atom stereocenters. The van der Waals surface area contributed by atoms with Crippen LogP contribution < -0.4 is 0 Å². The molecule has 26 heavy (non-hydrogen) atoms.